The fourth-order valence-electron chi connectivity index (χ4n) is 0.934. The van der Waals surface area contributed by atoms with Crippen LogP contribution in [0.2, 0.25) is 0 Å². The zero-order valence-electron chi connectivity index (χ0n) is 9.21. The summed E-state index contributed by atoms with van der Waals surface area (Å²) in [6.07, 6.45) is 1.28. The maximum atomic E-state index is 11.2. The third-order valence-corrected chi connectivity index (χ3v) is 2.75. The lowest BCUT2D eigenvalue weighted by molar-refractivity contribution is -0.184. The molecule has 0 aliphatic rings. The number of hydrogen-bond donors (Lipinski definition) is 0. The molecule has 0 fully saturated rings. The number of esters is 2. The molecule has 0 aliphatic carbocycles. The second kappa shape index (κ2) is 10.1. The van der Waals surface area contributed by atoms with Gasteiger partial charge in [-0.2, -0.15) is 0 Å². The maximum absolute atomic E-state index is 11.2. The van der Waals surface area contributed by atoms with E-state index in [9.17, 15) is 9.59 Å². The topological polar surface area (TPSA) is 52.6 Å². The van der Waals surface area contributed by atoms with E-state index < -0.39 is 6.29 Å². The van der Waals surface area contributed by atoms with Gasteiger partial charge in [0.25, 0.3) is 0 Å². The van der Waals surface area contributed by atoms with Crippen molar-refractivity contribution in [1.29, 1.82) is 0 Å². The lowest BCUT2D eigenvalue weighted by Gasteiger charge is -2.13. The van der Waals surface area contributed by atoms with E-state index in [1.807, 2.05) is 0 Å². The molecule has 0 saturated heterocycles. The summed E-state index contributed by atoms with van der Waals surface area (Å²) >= 11 is 6.43. The zero-order valence-corrected chi connectivity index (χ0v) is 12.4. The van der Waals surface area contributed by atoms with E-state index >= 15 is 0 Å². The predicted octanol–water partition coefficient (Wildman–Crippen LogP) is 2.77. The van der Waals surface area contributed by atoms with E-state index in [0.29, 0.717) is 25.7 Å². The highest BCUT2D eigenvalue weighted by molar-refractivity contribution is 9.09. The average molecular weight is 360 g/mol. The van der Waals surface area contributed by atoms with Crippen molar-refractivity contribution in [2.45, 2.75) is 38.9 Å². The van der Waals surface area contributed by atoms with Crippen molar-refractivity contribution < 1.29 is 19.1 Å². The largest absolute Gasteiger partial charge is 0.425 e. The molecule has 0 amide bonds. The third-order valence-electron chi connectivity index (χ3n) is 1.62. The van der Waals surface area contributed by atoms with Gasteiger partial charge in [0.15, 0.2) is 0 Å². The van der Waals surface area contributed by atoms with Crippen molar-refractivity contribution in [3.05, 3.63) is 0 Å². The van der Waals surface area contributed by atoms with Crippen molar-refractivity contribution in [3.8, 4) is 0 Å². The molecule has 4 nitrogen and oxygen atoms in total. The van der Waals surface area contributed by atoms with Crippen LogP contribution in [-0.2, 0) is 19.1 Å². The van der Waals surface area contributed by atoms with Crippen molar-refractivity contribution in [1.82, 2.24) is 0 Å². The van der Waals surface area contributed by atoms with Crippen LogP contribution in [0.3, 0.4) is 0 Å². The highest BCUT2D eigenvalue weighted by Gasteiger charge is 2.13. The SMILES string of the molecule is CC(OC(=O)CCCBr)OC(=O)CCCBr. The number of ether oxygens (including phenoxy) is 2. The Hall–Kier alpha value is -0.100. The van der Waals surface area contributed by atoms with Gasteiger partial charge in [-0.1, -0.05) is 31.9 Å². The van der Waals surface area contributed by atoms with Gasteiger partial charge < -0.3 is 9.47 Å². The molecule has 16 heavy (non-hydrogen) atoms. The summed E-state index contributed by atoms with van der Waals surface area (Å²) in [5.41, 5.74) is 0. The van der Waals surface area contributed by atoms with Crippen molar-refractivity contribution in [3.63, 3.8) is 0 Å². The Morgan fingerprint density at radius 1 is 1.00 bits per heavy atom. The quantitative estimate of drug-likeness (QED) is 0.380. The summed E-state index contributed by atoms with van der Waals surface area (Å²) in [6, 6.07) is 0. The van der Waals surface area contributed by atoms with Gasteiger partial charge in [0.2, 0.25) is 6.29 Å². The number of alkyl halides is 2. The Morgan fingerprint density at radius 2 is 1.38 bits per heavy atom. The monoisotopic (exact) mass is 358 g/mol. The molecule has 0 aromatic heterocycles. The summed E-state index contributed by atoms with van der Waals surface area (Å²) in [4.78, 5) is 22.3. The summed E-state index contributed by atoms with van der Waals surface area (Å²) in [6.45, 7) is 1.54. The third kappa shape index (κ3) is 9.15. The van der Waals surface area contributed by atoms with Crippen molar-refractivity contribution >= 4 is 43.8 Å². The molecular formula is C10H16Br2O4. The van der Waals surface area contributed by atoms with Gasteiger partial charge in [-0.3, -0.25) is 9.59 Å². The molecule has 0 heterocycles. The van der Waals surface area contributed by atoms with Crippen molar-refractivity contribution in [2.75, 3.05) is 10.7 Å². The lowest BCUT2D eigenvalue weighted by Crippen LogP contribution is -2.21. The number of rotatable bonds is 8. The van der Waals surface area contributed by atoms with Gasteiger partial charge in [-0.25, -0.2) is 0 Å². The molecule has 0 bridgehead atoms. The second-order valence-electron chi connectivity index (χ2n) is 3.13. The molecule has 0 unspecified atom stereocenters. The predicted molar refractivity (Wildman–Crippen MR) is 67.7 cm³/mol. The normalized spacial score (nSPS) is 10.2. The highest BCUT2D eigenvalue weighted by atomic mass is 79.9. The smallest absolute Gasteiger partial charge is 0.308 e. The van der Waals surface area contributed by atoms with Gasteiger partial charge in [0.05, 0.1) is 0 Å². The van der Waals surface area contributed by atoms with Gasteiger partial charge >= 0.3 is 11.9 Å². The molecule has 0 atom stereocenters. The lowest BCUT2D eigenvalue weighted by atomic mass is 10.3. The molecule has 0 aromatic rings. The van der Waals surface area contributed by atoms with E-state index in [-0.39, 0.29) is 11.9 Å². The molecule has 0 saturated carbocycles. The Bertz CT molecular complexity index is 199. The minimum absolute atomic E-state index is 0.328. The maximum Gasteiger partial charge on any atom is 0.308 e. The van der Waals surface area contributed by atoms with E-state index in [4.69, 9.17) is 9.47 Å². The molecule has 0 aromatic carbocycles. The van der Waals surface area contributed by atoms with Crippen molar-refractivity contribution in [2.24, 2.45) is 0 Å². The number of halogens is 2. The van der Waals surface area contributed by atoms with Crippen LogP contribution in [0, 0.1) is 0 Å². The van der Waals surface area contributed by atoms with E-state index in [1.165, 1.54) is 6.92 Å². The molecule has 0 spiro atoms. The fraction of sp³-hybridized carbons (Fsp3) is 0.800. The first-order chi connectivity index (χ1) is 7.60. The summed E-state index contributed by atoms with van der Waals surface area (Å²) in [7, 11) is 0. The summed E-state index contributed by atoms with van der Waals surface area (Å²) < 4.78 is 9.78. The van der Waals surface area contributed by atoms with Crippen LogP contribution in [-0.4, -0.2) is 28.9 Å². The van der Waals surface area contributed by atoms with Crippen LogP contribution in [0.15, 0.2) is 0 Å². The fourth-order valence-corrected chi connectivity index (χ4v) is 1.50. The molecule has 0 rings (SSSR count). The van der Waals surface area contributed by atoms with Gasteiger partial charge in [0, 0.05) is 30.4 Å². The van der Waals surface area contributed by atoms with Crippen LogP contribution in [0.4, 0.5) is 0 Å². The average Bonchev–Trinajstić information content (AvgIpc) is 2.23. The Morgan fingerprint density at radius 3 is 1.69 bits per heavy atom. The minimum Gasteiger partial charge on any atom is -0.425 e. The van der Waals surface area contributed by atoms with E-state index in [0.717, 1.165) is 10.7 Å². The highest BCUT2D eigenvalue weighted by Crippen LogP contribution is 2.04. The summed E-state index contributed by atoms with van der Waals surface area (Å²) in [5.74, 6) is -0.694. The van der Waals surface area contributed by atoms with E-state index in [2.05, 4.69) is 31.9 Å². The first-order valence-corrected chi connectivity index (χ1v) is 7.35. The first-order valence-electron chi connectivity index (χ1n) is 5.11. The van der Waals surface area contributed by atoms with Crippen LogP contribution in [0.5, 0.6) is 0 Å². The molecule has 94 valence electrons. The Balaban J connectivity index is 3.67. The molecular weight excluding hydrogens is 344 g/mol. The molecule has 6 heteroatoms. The zero-order chi connectivity index (χ0) is 12.4. The first kappa shape index (κ1) is 15.9. The summed E-state index contributed by atoms with van der Waals surface area (Å²) in [5, 5.41) is 1.50. The second-order valence-corrected chi connectivity index (χ2v) is 4.72. The molecule has 0 aliphatic heterocycles. The Labute approximate surface area is 112 Å². The number of hydrogen-bond acceptors (Lipinski definition) is 4. The Kier molecular flexibility index (Phi) is 10.0. The van der Waals surface area contributed by atoms with Crippen LogP contribution in [0.25, 0.3) is 0 Å². The minimum atomic E-state index is -0.800. The van der Waals surface area contributed by atoms with Crippen LogP contribution in [0.1, 0.15) is 32.6 Å². The van der Waals surface area contributed by atoms with Gasteiger partial charge in [0.1, 0.15) is 0 Å². The van der Waals surface area contributed by atoms with Crippen LogP contribution < -0.4 is 0 Å². The van der Waals surface area contributed by atoms with Gasteiger partial charge in [-0.05, 0) is 12.8 Å². The molecule has 0 radical (unpaired) electrons. The van der Waals surface area contributed by atoms with Gasteiger partial charge in [-0.15, -0.1) is 0 Å². The number of carbonyl (C=O) groups excluding carboxylic acids is 2. The van der Waals surface area contributed by atoms with E-state index in [1.54, 1.807) is 0 Å². The number of carbonyl (C=O) groups is 2. The van der Waals surface area contributed by atoms with Crippen LogP contribution >= 0.6 is 31.9 Å². The standard InChI is InChI=1S/C10H16Br2O4/c1-8(15-9(13)4-2-6-11)16-10(14)5-3-7-12/h8H,2-7H2,1H3. The molecule has 0 N–H and O–H groups in total.